The maximum absolute atomic E-state index is 10.9. The highest BCUT2D eigenvalue weighted by Crippen LogP contribution is 2.36. The van der Waals surface area contributed by atoms with E-state index < -0.39 is 5.97 Å². The van der Waals surface area contributed by atoms with Crippen molar-refractivity contribution in [3.63, 3.8) is 0 Å². The first-order chi connectivity index (χ1) is 7.49. The number of carboxylic acids is 1. The Bertz CT molecular complexity index is 540. The Morgan fingerprint density at radius 1 is 1.44 bits per heavy atom. The van der Waals surface area contributed by atoms with Crippen LogP contribution in [0.2, 0.25) is 0 Å². The molecule has 6 heteroatoms. The molecule has 2 heterocycles. The van der Waals surface area contributed by atoms with E-state index in [1.165, 1.54) is 16.2 Å². The van der Waals surface area contributed by atoms with Crippen LogP contribution in [0.1, 0.15) is 20.2 Å². The SMILES string of the molecule is Cc1nc(-c2cc(Br)c(C)s2)sc1C(=O)O. The first kappa shape index (κ1) is 11.8. The van der Waals surface area contributed by atoms with E-state index in [-0.39, 0.29) is 0 Å². The molecule has 0 atom stereocenters. The van der Waals surface area contributed by atoms with Crippen molar-refractivity contribution in [2.45, 2.75) is 13.8 Å². The second kappa shape index (κ2) is 4.27. The fourth-order valence-electron chi connectivity index (χ4n) is 1.27. The number of hydrogen-bond donors (Lipinski definition) is 1. The van der Waals surface area contributed by atoms with Crippen LogP contribution >= 0.6 is 38.6 Å². The minimum atomic E-state index is -0.909. The molecule has 0 amide bonds. The van der Waals surface area contributed by atoms with E-state index in [0.29, 0.717) is 10.6 Å². The molecule has 0 spiro atoms. The van der Waals surface area contributed by atoms with Crippen LogP contribution in [0.3, 0.4) is 0 Å². The molecule has 84 valence electrons. The lowest BCUT2D eigenvalue weighted by Crippen LogP contribution is -1.94. The molecular formula is C10H8BrNO2S2. The van der Waals surface area contributed by atoms with Crippen LogP contribution < -0.4 is 0 Å². The minimum Gasteiger partial charge on any atom is -0.477 e. The zero-order valence-electron chi connectivity index (χ0n) is 8.57. The van der Waals surface area contributed by atoms with Crippen LogP contribution in [0, 0.1) is 13.8 Å². The highest BCUT2D eigenvalue weighted by Gasteiger charge is 2.16. The maximum Gasteiger partial charge on any atom is 0.347 e. The van der Waals surface area contributed by atoms with Crippen LogP contribution in [0.25, 0.3) is 9.88 Å². The quantitative estimate of drug-likeness (QED) is 0.912. The molecule has 0 unspecified atom stereocenters. The molecule has 0 radical (unpaired) electrons. The van der Waals surface area contributed by atoms with Gasteiger partial charge < -0.3 is 5.11 Å². The standard InChI is InChI=1S/C10H8BrNO2S2/c1-4-8(10(13)14)16-9(12-4)7-3-6(11)5(2)15-7/h3H,1-2H3,(H,13,14). The van der Waals surface area contributed by atoms with Gasteiger partial charge in [0.25, 0.3) is 0 Å². The van der Waals surface area contributed by atoms with Crippen LogP contribution in [0.5, 0.6) is 0 Å². The molecular weight excluding hydrogens is 310 g/mol. The van der Waals surface area contributed by atoms with Crippen molar-refractivity contribution in [3.8, 4) is 9.88 Å². The number of carbonyl (C=O) groups is 1. The number of aromatic carboxylic acids is 1. The summed E-state index contributed by atoms with van der Waals surface area (Å²) in [6, 6.07) is 1.98. The minimum absolute atomic E-state index is 0.317. The lowest BCUT2D eigenvalue weighted by atomic mass is 10.4. The van der Waals surface area contributed by atoms with Gasteiger partial charge in [-0.1, -0.05) is 0 Å². The molecule has 0 fully saturated rings. The number of carboxylic acid groups (broad SMARTS) is 1. The molecule has 0 aliphatic rings. The molecule has 2 aromatic rings. The monoisotopic (exact) mass is 317 g/mol. The summed E-state index contributed by atoms with van der Waals surface area (Å²) in [6.45, 7) is 3.73. The van der Waals surface area contributed by atoms with Gasteiger partial charge in [-0.05, 0) is 35.8 Å². The summed E-state index contributed by atoms with van der Waals surface area (Å²) >= 11 is 6.27. The molecule has 0 aliphatic heterocycles. The second-order valence-electron chi connectivity index (χ2n) is 3.25. The van der Waals surface area contributed by atoms with Crippen molar-refractivity contribution in [2.24, 2.45) is 0 Å². The van der Waals surface area contributed by atoms with E-state index in [9.17, 15) is 4.79 Å². The molecule has 0 saturated carbocycles. The molecule has 2 rings (SSSR count). The zero-order valence-corrected chi connectivity index (χ0v) is 11.8. The Morgan fingerprint density at radius 3 is 2.56 bits per heavy atom. The van der Waals surface area contributed by atoms with Gasteiger partial charge in [-0.15, -0.1) is 22.7 Å². The number of nitrogens with zero attached hydrogens (tertiary/aromatic N) is 1. The summed E-state index contributed by atoms with van der Waals surface area (Å²) < 4.78 is 1.04. The lowest BCUT2D eigenvalue weighted by molar-refractivity contribution is 0.0701. The van der Waals surface area contributed by atoms with Gasteiger partial charge in [-0.25, -0.2) is 9.78 Å². The Hall–Kier alpha value is -0.720. The second-order valence-corrected chi connectivity index (χ2v) is 6.36. The number of rotatable bonds is 2. The molecule has 1 N–H and O–H groups in total. The highest BCUT2D eigenvalue weighted by molar-refractivity contribution is 9.10. The predicted molar refractivity (Wildman–Crippen MR) is 69.6 cm³/mol. The van der Waals surface area contributed by atoms with Gasteiger partial charge in [-0.3, -0.25) is 0 Å². The van der Waals surface area contributed by atoms with Gasteiger partial charge in [0.15, 0.2) is 0 Å². The zero-order chi connectivity index (χ0) is 11.9. The molecule has 0 aliphatic carbocycles. The van der Waals surface area contributed by atoms with Gasteiger partial charge >= 0.3 is 5.97 Å². The number of aryl methyl sites for hydroxylation is 2. The Morgan fingerprint density at radius 2 is 2.12 bits per heavy atom. The number of aromatic nitrogens is 1. The summed E-state index contributed by atoms with van der Waals surface area (Å²) in [6.07, 6.45) is 0. The van der Waals surface area contributed by atoms with Crippen molar-refractivity contribution >= 4 is 44.6 Å². The van der Waals surface area contributed by atoms with Crippen LogP contribution in [-0.2, 0) is 0 Å². The van der Waals surface area contributed by atoms with Crippen LogP contribution in [0.4, 0.5) is 0 Å². The molecule has 0 aromatic carbocycles. The first-order valence-corrected chi connectivity index (χ1v) is 6.88. The van der Waals surface area contributed by atoms with E-state index in [4.69, 9.17) is 5.11 Å². The van der Waals surface area contributed by atoms with Gasteiger partial charge in [0, 0.05) is 9.35 Å². The predicted octanol–water partition coefficient (Wildman–Crippen LogP) is 3.95. The average molecular weight is 318 g/mol. The third kappa shape index (κ3) is 2.05. The third-order valence-electron chi connectivity index (χ3n) is 2.06. The van der Waals surface area contributed by atoms with Crippen molar-refractivity contribution in [1.29, 1.82) is 0 Å². The number of halogens is 1. The Kier molecular flexibility index (Phi) is 3.14. The van der Waals surface area contributed by atoms with Crippen molar-refractivity contribution in [2.75, 3.05) is 0 Å². The normalized spacial score (nSPS) is 10.7. The highest BCUT2D eigenvalue weighted by atomic mass is 79.9. The molecule has 2 aromatic heterocycles. The smallest absolute Gasteiger partial charge is 0.347 e. The fraction of sp³-hybridized carbons (Fsp3) is 0.200. The van der Waals surface area contributed by atoms with Crippen molar-refractivity contribution in [1.82, 2.24) is 4.98 Å². The molecule has 0 bridgehead atoms. The molecule has 16 heavy (non-hydrogen) atoms. The maximum atomic E-state index is 10.9. The first-order valence-electron chi connectivity index (χ1n) is 4.46. The average Bonchev–Trinajstić information content (AvgIpc) is 2.71. The summed E-state index contributed by atoms with van der Waals surface area (Å²) in [7, 11) is 0. The van der Waals surface area contributed by atoms with Gasteiger partial charge in [0.2, 0.25) is 0 Å². The van der Waals surface area contributed by atoms with E-state index >= 15 is 0 Å². The Balaban J connectivity index is 2.49. The third-order valence-corrected chi connectivity index (χ3v) is 5.51. The summed E-state index contributed by atoms with van der Waals surface area (Å²) in [5.74, 6) is -0.909. The van der Waals surface area contributed by atoms with Gasteiger partial charge in [0.1, 0.15) is 9.88 Å². The van der Waals surface area contributed by atoms with Crippen LogP contribution in [-0.4, -0.2) is 16.1 Å². The summed E-state index contributed by atoms with van der Waals surface area (Å²) in [4.78, 5) is 17.7. The van der Waals surface area contributed by atoms with Crippen LogP contribution in [0.15, 0.2) is 10.5 Å². The topological polar surface area (TPSA) is 50.2 Å². The number of thiazole rings is 1. The van der Waals surface area contributed by atoms with Gasteiger partial charge in [0.05, 0.1) is 10.6 Å². The van der Waals surface area contributed by atoms with E-state index in [1.54, 1.807) is 18.3 Å². The molecule has 0 saturated heterocycles. The van der Waals surface area contributed by atoms with Crippen molar-refractivity contribution in [3.05, 3.63) is 26.0 Å². The van der Waals surface area contributed by atoms with Gasteiger partial charge in [-0.2, -0.15) is 0 Å². The molecule has 3 nitrogen and oxygen atoms in total. The van der Waals surface area contributed by atoms with E-state index in [2.05, 4.69) is 20.9 Å². The number of thiophene rings is 1. The number of hydrogen-bond acceptors (Lipinski definition) is 4. The largest absolute Gasteiger partial charge is 0.477 e. The fourth-order valence-corrected chi connectivity index (χ4v) is 3.75. The summed E-state index contributed by atoms with van der Waals surface area (Å²) in [5.41, 5.74) is 0.578. The van der Waals surface area contributed by atoms with E-state index in [0.717, 1.165) is 14.4 Å². The lowest BCUT2D eigenvalue weighted by Gasteiger charge is -1.85. The Labute approximate surface area is 109 Å². The van der Waals surface area contributed by atoms with E-state index in [1.807, 2.05) is 13.0 Å². The summed E-state index contributed by atoms with van der Waals surface area (Å²) in [5, 5.41) is 9.72. The van der Waals surface area contributed by atoms with Crippen molar-refractivity contribution < 1.29 is 9.90 Å².